The minimum atomic E-state index is -4.42. The topological polar surface area (TPSA) is 99.3 Å². The van der Waals surface area contributed by atoms with Crippen LogP contribution in [0.15, 0.2) is 36.5 Å². The van der Waals surface area contributed by atoms with Gasteiger partial charge in [0.1, 0.15) is 18.2 Å². The SMILES string of the molecule is COc1cc(N(C)c2nc(N)cc(COCC(F)(F)F)n2)ccc1-c1cnnc(C)c1. The lowest BCUT2D eigenvalue weighted by atomic mass is 10.1. The molecule has 2 heterocycles. The van der Waals surface area contributed by atoms with Crippen molar-refractivity contribution in [3.63, 3.8) is 0 Å². The van der Waals surface area contributed by atoms with E-state index >= 15 is 0 Å². The Labute approximate surface area is 176 Å². The molecule has 1 aromatic carbocycles. The maximum absolute atomic E-state index is 12.3. The van der Waals surface area contributed by atoms with Crippen LogP contribution in [0.1, 0.15) is 11.4 Å². The van der Waals surface area contributed by atoms with Gasteiger partial charge in [0.2, 0.25) is 5.95 Å². The van der Waals surface area contributed by atoms with E-state index in [1.54, 1.807) is 31.3 Å². The van der Waals surface area contributed by atoms with Gasteiger partial charge in [-0.05, 0) is 25.1 Å². The number of benzene rings is 1. The van der Waals surface area contributed by atoms with Crippen molar-refractivity contribution in [1.82, 2.24) is 20.2 Å². The number of aryl methyl sites for hydroxylation is 1. The summed E-state index contributed by atoms with van der Waals surface area (Å²) in [7, 11) is 3.26. The summed E-state index contributed by atoms with van der Waals surface area (Å²) in [6, 6.07) is 8.75. The third kappa shape index (κ3) is 5.79. The number of methoxy groups -OCH3 is 1. The van der Waals surface area contributed by atoms with E-state index < -0.39 is 12.8 Å². The maximum Gasteiger partial charge on any atom is 0.411 e. The lowest BCUT2D eigenvalue weighted by Gasteiger charge is -2.20. The number of hydrogen-bond donors (Lipinski definition) is 1. The molecule has 0 atom stereocenters. The van der Waals surface area contributed by atoms with Crippen molar-refractivity contribution in [3.05, 3.63) is 47.9 Å². The van der Waals surface area contributed by atoms with Gasteiger partial charge in [-0.1, -0.05) is 0 Å². The Morgan fingerprint density at radius 3 is 2.58 bits per heavy atom. The number of hydrogen-bond acceptors (Lipinski definition) is 8. The van der Waals surface area contributed by atoms with Gasteiger partial charge in [0.25, 0.3) is 0 Å². The zero-order valence-electron chi connectivity index (χ0n) is 17.1. The summed E-state index contributed by atoms with van der Waals surface area (Å²) in [5.74, 6) is 0.917. The first-order valence-corrected chi connectivity index (χ1v) is 9.15. The summed E-state index contributed by atoms with van der Waals surface area (Å²) in [4.78, 5) is 10.1. The molecule has 11 heteroatoms. The van der Waals surface area contributed by atoms with Gasteiger partial charge >= 0.3 is 6.18 Å². The predicted molar refractivity (Wildman–Crippen MR) is 109 cm³/mol. The Hall–Kier alpha value is -3.47. The van der Waals surface area contributed by atoms with E-state index in [9.17, 15) is 13.2 Å². The van der Waals surface area contributed by atoms with Crippen LogP contribution in [0.5, 0.6) is 5.75 Å². The van der Waals surface area contributed by atoms with Crippen LogP contribution < -0.4 is 15.4 Å². The molecule has 0 bridgehead atoms. The molecule has 2 N–H and O–H groups in total. The van der Waals surface area contributed by atoms with Gasteiger partial charge in [0.15, 0.2) is 0 Å². The van der Waals surface area contributed by atoms with Gasteiger partial charge in [-0.25, -0.2) is 4.98 Å². The normalized spacial score (nSPS) is 11.4. The summed E-state index contributed by atoms with van der Waals surface area (Å²) in [5.41, 5.74) is 9.18. The molecule has 0 amide bonds. The fourth-order valence-corrected chi connectivity index (χ4v) is 2.86. The second-order valence-electron chi connectivity index (χ2n) is 6.72. The number of alkyl halides is 3. The molecule has 0 saturated heterocycles. The molecule has 0 fully saturated rings. The number of nitrogens with two attached hydrogens (primary N) is 1. The molecule has 0 unspecified atom stereocenters. The molecule has 2 aromatic heterocycles. The van der Waals surface area contributed by atoms with Crippen LogP contribution in [0.3, 0.4) is 0 Å². The molecule has 3 aromatic rings. The molecule has 0 saturated carbocycles. The van der Waals surface area contributed by atoms with E-state index in [-0.39, 0.29) is 24.1 Å². The minimum absolute atomic E-state index is 0.115. The zero-order valence-corrected chi connectivity index (χ0v) is 17.1. The van der Waals surface area contributed by atoms with Crippen molar-refractivity contribution >= 4 is 17.5 Å². The van der Waals surface area contributed by atoms with E-state index in [1.807, 2.05) is 25.1 Å². The van der Waals surface area contributed by atoms with Crippen molar-refractivity contribution in [2.24, 2.45) is 0 Å². The van der Waals surface area contributed by atoms with Crippen molar-refractivity contribution in [2.75, 3.05) is 31.4 Å². The fourth-order valence-electron chi connectivity index (χ4n) is 2.86. The molecule has 0 aliphatic heterocycles. The average Bonchev–Trinajstić information content (AvgIpc) is 2.71. The lowest BCUT2D eigenvalue weighted by Crippen LogP contribution is -2.18. The van der Waals surface area contributed by atoms with Crippen LogP contribution in [0.4, 0.5) is 30.6 Å². The molecular weight excluding hydrogens is 413 g/mol. The minimum Gasteiger partial charge on any atom is -0.496 e. The first-order valence-electron chi connectivity index (χ1n) is 9.15. The van der Waals surface area contributed by atoms with Crippen LogP contribution in [-0.4, -0.2) is 47.1 Å². The van der Waals surface area contributed by atoms with Crippen molar-refractivity contribution in [2.45, 2.75) is 19.7 Å². The zero-order chi connectivity index (χ0) is 22.6. The quantitative estimate of drug-likeness (QED) is 0.601. The third-order valence-electron chi connectivity index (χ3n) is 4.26. The number of halogens is 3. The number of aromatic nitrogens is 4. The predicted octanol–water partition coefficient (Wildman–Crippen LogP) is 3.68. The highest BCUT2D eigenvalue weighted by Crippen LogP contribution is 2.34. The highest BCUT2D eigenvalue weighted by molar-refractivity contribution is 5.74. The summed E-state index contributed by atoms with van der Waals surface area (Å²) >= 11 is 0. The number of ether oxygens (including phenoxy) is 2. The second kappa shape index (κ2) is 9.13. The molecule has 0 radical (unpaired) electrons. The highest BCUT2D eigenvalue weighted by atomic mass is 19.4. The van der Waals surface area contributed by atoms with Gasteiger partial charge in [-0.2, -0.15) is 28.4 Å². The largest absolute Gasteiger partial charge is 0.496 e. The Morgan fingerprint density at radius 1 is 1.13 bits per heavy atom. The van der Waals surface area contributed by atoms with Crippen molar-refractivity contribution in [3.8, 4) is 16.9 Å². The van der Waals surface area contributed by atoms with Gasteiger partial charge in [0.05, 0.1) is 31.3 Å². The molecule has 0 aliphatic rings. The smallest absolute Gasteiger partial charge is 0.411 e. The molecule has 3 rings (SSSR count). The van der Waals surface area contributed by atoms with Gasteiger partial charge < -0.3 is 20.1 Å². The van der Waals surface area contributed by atoms with Crippen LogP contribution in [-0.2, 0) is 11.3 Å². The molecular formula is C20H21F3N6O2. The Morgan fingerprint density at radius 2 is 1.90 bits per heavy atom. The standard InChI is InChI=1S/C20H21F3N6O2/c1-12-6-13(9-25-28-12)16-5-4-15(8-17(16)30-3)29(2)19-26-14(7-18(24)27-19)10-31-11-20(21,22)23/h4-9H,10-11H2,1-3H3,(H2,24,26,27). The fraction of sp³-hybridized carbons (Fsp3) is 0.300. The van der Waals surface area contributed by atoms with Gasteiger partial charge in [0, 0.05) is 36.0 Å². The summed E-state index contributed by atoms with van der Waals surface area (Å²) in [5, 5.41) is 7.93. The van der Waals surface area contributed by atoms with Crippen LogP contribution in [0, 0.1) is 6.92 Å². The Kier molecular flexibility index (Phi) is 6.54. The van der Waals surface area contributed by atoms with Crippen LogP contribution in [0.2, 0.25) is 0 Å². The van der Waals surface area contributed by atoms with E-state index in [0.29, 0.717) is 11.4 Å². The van der Waals surface area contributed by atoms with Crippen LogP contribution >= 0.6 is 0 Å². The summed E-state index contributed by atoms with van der Waals surface area (Å²) < 4.78 is 47.1. The number of rotatable bonds is 7. The van der Waals surface area contributed by atoms with E-state index in [4.69, 9.17) is 10.5 Å². The second-order valence-corrected chi connectivity index (χ2v) is 6.72. The Balaban J connectivity index is 1.86. The van der Waals surface area contributed by atoms with Crippen LogP contribution in [0.25, 0.3) is 11.1 Å². The van der Waals surface area contributed by atoms with E-state index in [1.165, 1.54) is 6.07 Å². The van der Waals surface area contributed by atoms with Gasteiger partial charge in [-0.3, -0.25) is 0 Å². The number of nitrogen functional groups attached to an aromatic ring is 1. The highest BCUT2D eigenvalue weighted by Gasteiger charge is 2.27. The monoisotopic (exact) mass is 434 g/mol. The third-order valence-corrected chi connectivity index (χ3v) is 4.26. The van der Waals surface area contributed by atoms with E-state index in [2.05, 4.69) is 24.9 Å². The van der Waals surface area contributed by atoms with Crippen molar-refractivity contribution in [1.29, 1.82) is 0 Å². The average molecular weight is 434 g/mol. The number of anilines is 3. The summed E-state index contributed by atoms with van der Waals surface area (Å²) in [6.07, 6.45) is -2.78. The van der Waals surface area contributed by atoms with E-state index in [0.717, 1.165) is 16.8 Å². The summed E-state index contributed by atoms with van der Waals surface area (Å²) in [6.45, 7) is 0.131. The first-order chi connectivity index (χ1) is 14.7. The van der Waals surface area contributed by atoms with Gasteiger partial charge in [-0.15, -0.1) is 0 Å². The Bertz CT molecular complexity index is 1060. The molecule has 0 spiro atoms. The maximum atomic E-state index is 12.3. The lowest BCUT2D eigenvalue weighted by molar-refractivity contribution is -0.176. The molecule has 31 heavy (non-hydrogen) atoms. The molecule has 0 aliphatic carbocycles. The molecule has 8 nitrogen and oxygen atoms in total. The number of nitrogens with zero attached hydrogens (tertiary/aromatic N) is 5. The first kappa shape index (κ1) is 22.2. The van der Waals surface area contributed by atoms with Crippen molar-refractivity contribution < 1.29 is 22.6 Å². The molecule has 164 valence electrons.